The van der Waals surface area contributed by atoms with Crippen molar-refractivity contribution in [3.8, 4) is 0 Å². The maximum atomic E-state index is 14.1. The highest BCUT2D eigenvalue weighted by molar-refractivity contribution is 7.20. The van der Waals surface area contributed by atoms with Crippen LogP contribution < -0.4 is 10.6 Å². The molecule has 32 heavy (non-hydrogen) atoms. The molecule has 1 aliphatic heterocycles. The van der Waals surface area contributed by atoms with E-state index in [0.717, 1.165) is 48.1 Å². The summed E-state index contributed by atoms with van der Waals surface area (Å²) in [5.41, 5.74) is 1.24. The van der Waals surface area contributed by atoms with Crippen LogP contribution in [0.4, 0.5) is 15.8 Å². The van der Waals surface area contributed by atoms with Crippen molar-refractivity contribution in [2.45, 2.75) is 25.9 Å². The molecule has 1 atom stereocenters. The minimum absolute atomic E-state index is 0.00570. The Kier molecular flexibility index (Phi) is 6.83. The van der Waals surface area contributed by atoms with Gasteiger partial charge in [0.15, 0.2) is 0 Å². The molecule has 1 aliphatic rings. The van der Waals surface area contributed by atoms with Crippen LogP contribution in [0.2, 0.25) is 0 Å². The second-order valence-electron chi connectivity index (χ2n) is 8.04. The largest absolute Gasteiger partial charge is 0.388 e. The number of hydrogen-bond acceptors (Lipinski definition) is 5. The van der Waals surface area contributed by atoms with Crippen LogP contribution in [0.3, 0.4) is 0 Å². The zero-order valence-corrected chi connectivity index (χ0v) is 18.6. The lowest BCUT2D eigenvalue weighted by Crippen LogP contribution is -2.35. The molecule has 0 bridgehead atoms. The van der Waals surface area contributed by atoms with Crippen molar-refractivity contribution in [1.29, 1.82) is 0 Å². The fourth-order valence-corrected chi connectivity index (χ4v) is 5.17. The van der Waals surface area contributed by atoms with Crippen molar-refractivity contribution in [3.05, 3.63) is 58.7 Å². The first-order valence-electron chi connectivity index (χ1n) is 10.7. The lowest BCUT2D eigenvalue weighted by atomic mass is 9.87. The minimum atomic E-state index is -0.588. The number of aliphatic hydroxyl groups is 1. The van der Waals surface area contributed by atoms with E-state index in [-0.39, 0.29) is 11.6 Å². The summed E-state index contributed by atoms with van der Waals surface area (Å²) < 4.78 is 15.0. The van der Waals surface area contributed by atoms with Gasteiger partial charge in [-0.1, -0.05) is 19.1 Å². The molecule has 2 aromatic carbocycles. The Morgan fingerprint density at radius 1 is 1.25 bits per heavy atom. The fourth-order valence-electron chi connectivity index (χ4n) is 4.16. The van der Waals surface area contributed by atoms with Gasteiger partial charge >= 0.3 is 0 Å². The zero-order chi connectivity index (χ0) is 22.7. The van der Waals surface area contributed by atoms with Crippen molar-refractivity contribution in [3.63, 3.8) is 0 Å². The Balaban J connectivity index is 1.50. The quantitative estimate of drug-likeness (QED) is 0.454. The molecule has 1 saturated heterocycles. The lowest BCUT2D eigenvalue weighted by molar-refractivity contribution is -0.105. The number of aliphatic hydroxyl groups excluding tert-OH is 1. The fraction of sp³-hybridized carbons (Fsp3) is 0.333. The van der Waals surface area contributed by atoms with E-state index in [9.17, 15) is 19.1 Å². The summed E-state index contributed by atoms with van der Waals surface area (Å²) in [6.07, 6.45) is 1.90. The maximum Gasteiger partial charge on any atom is 0.265 e. The molecule has 0 saturated carbocycles. The molecule has 1 unspecified atom stereocenters. The number of anilines is 2. The average Bonchev–Trinajstić information content (AvgIpc) is 3.24. The van der Waals surface area contributed by atoms with Gasteiger partial charge in [-0.3, -0.25) is 9.59 Å². The van der Waals surface area contributed by atoms with Crippen LogP contribution in [0.1, 0.15) is 41.1 Å². The van der Waals surface area contributed by atoms with E-state index in [4.69, 9.17) is 0 Å². The number of nitrogens with zero attached hydrogens (tertiary/aromatic N) is 1. The normalized spacial score (nSPS) is 16.1. The topological polar surface area (TPSA) is 81.7 Å². The van der Waals surface area contributed by atoms with Gasteiger partial charge in [0.05, 0.1) is 16.7 Å². The van der Waals surface area contributed by atoms with Gasteiger partial charge in [0, 0.05) is 10.4 Å². The monoisotopic (exact) mass is 455 g/mol. The van der Waals surface area contributed by atoms with Crippen LogP contribution in [0.15, 0.2) is 42.5 Å². The van der Waals surface area contributed by atoms with Gasteiger partial charge in [-0.25, -0.2) is 4.39 Å². The summed E-state index contributed by atoms with van der Waals surface area (Å²) in [7, 11) is 0. The number of likely N-dealkylation sites (tertiary alicyclic amines) is 1. The first-order valence-corrected chi connectivity index (χ1v) is 11.5. The predicted molar refractivity (Wildman–Crippen MR) is 126 cm³/mol. The molecule has 6 nitrogen and oxygen atoms in total. The first-order chi connectivity index (χ1) is 15.5. The number of thiophene rings is 1. The van der Waals surface area contributed by atoms with Crippen molar-refractivity contribution in [1.82, 2.24) is 4.90 Å². The van der Waals surface area contributed by atoms with Gasteiger partial charge in [0.25, 0.3) is 5.91 Å². The van der Waals surface area contributed by atoms with Crippen LogP contribution in [0, 0.1) is 11.7 Å². The maximum absolute atomic E-state index is 14.1. The van der Waals surface area contributed by atoms with E-state index in [1.807, 2.05) is 18.2 Å². The van der Waals surface area contributed by atoms with E-state index in [1.54, 1.807) is 6.07 Å². The molecule has 168 valence electrons. The minimum Gasteiger partial charge on any atom is -0.388 e. The van der Waals surface area contributed by atoms with E-state index >= 15 is 0 Å². The standard InChI is InChI=1S/C24H26FN3O3S/c1-2-28-9-7-15(8-10-28)23(30)17-4-3-16-11-22(32-21(16)12-17)24(31)27-20-13-18(26-14-29)5-6-19(20)25/h3-6,11-15,23,30H,2,7-10H2,1H3,(H,26,29)(H,27,31). The van der Waals surface area contributed by atoms with Gasteiger partial charge in [-0.15, -0.1) is 11.3 Å². The average molecular weight is 456 g/mol. The summed E-state index contributed by atoms with van der Waals surface area (Å²) in [6, 6.07) is 11.5. The molecule has 8 heteroatoms. The number of carbonyl (C=O) groups excluding carboxylic acids is 2. The van der Waals surface area contributed by atoms with Crippen molar-refractivity contribution in [2.24, 2.45) is 5.92 Å². The Bertz CT molecular complexity index is 1120. The summed E-state index contributed by atoms with van der Waals surface area (Å²) in [4.78, 5) is 26.2. The highest BCUT2D eigenvalue weighted by Crippen LogP contribution is 2.34. The number of piperidine rings is 1. The Labute approximate surface area is 190 Å². The van der Waals surface area contributed by atoms with Gasteiger partial charge in [0.1, 0.15) is 5.82 Å². The van der Waals surface area contributed by atoms with Crippen LogP contribution in [0.5, 0.6) is 0 Å². The number of rotatable bonds is 7. The van der Waals surface area contributed by atoms with Crippen molar-refractivity contribution < 1.29 is 19.1 Å². The summed E-state index contributed by atoms with van der Waals surface area (Å²) in [5.74, 6) is -0.786. The van der Waals surface area contributed by atoms with E-state index in [0.29, 0.717) is 17.0 Å². The van der Waals surface area contributed by atoms with E-state index in [2.05, 4.69) is 22.5 Å². The summed E-state index contributed by atoms with van der Waals surface area (Å²) in [6.45, 7) is 5.20. The Morgan fingerprint density at radius 2 is 2.03 bits per heavy atom. The number of carbonyl (C=O) groups is 2. The smallest absolute Gasteiger partial charge is 0.265 e. The molecule has 3 N–H and O–H groups in total. The molecule has 4 rings (SSSR count). The summed E-state index contributed by atoms with van der Waals surface area (Å²) >= 11 is 1.30. The van der Waals surface area contributed by atoms with Gasteiger partial charge in [0.2, 0.25) is 6.41 Å². The molecule has 1 aromatic heterocycles. The van der Waals surface area contributed by atoms with Crippen molar-refractivity contribution >= 4 is 45.1 Å². The highest BCUT2D eigenvalue weighted by Gasteiger charge is 2.26. The lowest BCUT2D eigenvalue weighted by Gasteiger charge is -2.33. The molecular weight excluding hydrogens is 429 g/mol. The molecular formula is C24H26FN3O3S. The molecule has 0 aliphatic carbocycles. The number of benzene rings is 2. The van der Waals surface area contributed by atoms with E-state index in [1.165, 1.54) is 29.5 Å². The number of fused-ring (bicyclic) bond motifs is 1. The third-order valence-corrected chi connectivity index (χ3v) is 7.17. The predicted octanol–water partition coefficient (Wildman–Crippen LogP) is 4.63. The van der Waals surface area contributed by atoms with E-state index < -0.39 is 17.8 Å². The van der Waals surface area contributed by atoms with Crippen LogP contribution >= 0.6 is 11.3 Å². The van der Waals surface area contributed by atoms with Gasteiger partial charge in [-0.05, 0) is 79.7 Å². The van der Waals surface area contributed by atoms with Crippen LogP contribution in [-0.4, -0.2) is 42.0 Å². The molecule has 3 aromatic rings. The molecule has 0 radical (unpaired) electrons. The Morgan fingerprint density at radius 3 is 2.75 bits per heavy atom. The third-order valence-electron chi connectivity index (χ3n) is 6.08. The molecule has 2 heterocycles. The highest BCUT2D eigenvalue weighted by atomic mass is 32.1. The second kappa shape index (κ2) is 9.77. The zero-order valence-electron chi connectivity index (χ0n) is 17.8. The molecule has 2 amide bonds. The van der Waals surface area contributed by atoms with Gasteiger partial charge < -0.3 is 20.6 Å². The molecule has 1 fully saturated rings. The SMILES string of the molecule is CCN1CCC(C(O)c2ccc3cc(C(=O)Nc4cc(NC=O)ccc4F)sc3c2)CC1. The first kappa shape index (κ1) is 22.4. The Hall–Kier alpha value is -2.81. The van der Waals surface area contributed by atoms with Crippen LogP contribution in [0.25, 0.3) is 10.1 Å². The molecule has 0 spiro atoms. The number of amides is 2. The number of halogens is 1. The van der Waals surface area contributed by atoms with Crippen LogP contribution in [-0.2, 0) is 4.79 Å². The van der Waals surface area contributed by atoms with Gasteiger partial charge in [-0.2, -0.15) is 0 Å². The summed E-state index contributed by atoms with van der Waals surface area (Å²) in [5, 5.41) is 16.8. The van der Waals surface area contributed by atoms with Crippen molar-refractivity contribution in [2.75, 3.05) is 30.3 Å². The number of hydrogen-bond donors (Lipinski definition) is 3. The third kappa shape index (κ3) is 4.82. The number of nitrogens with one attached hydrogen (secondary N) is 2. The second-order valence-corrected chi connectivity index (χ2v) is 9.12.